The van der Waals surface area contributed by atoms with Crippen LogP contribution >= 0.6 is 0 Å². The highest BCUT2D eigenvalue weighted by molar-refractivity contribution is 6.01. The van der Waals surface area contributed by atoms with E-state index in [1.807, 2.05) is 26.0 Å². The number of rotatable bonds is 3. The van der Waals surface area contributed by atoms with Crippen LogP contribution in [0.25, 0.3) is 11.1 Å². The van der Waals surface area contributed by atoms with Crippen LogP contribution in [0.1, 0.15) is 19.4 Å². The molecule has 1 saturated heterocycles. The summed E-state index contributed by atoms with van der Waals surface area (Å²) in [6.45, 7) is 4.00. The lowest BCUT2D eigenvalue weighted by Gasteiger charge is -2.34. The van der Waals surface area contributed by atoms with Crippen LogP contribution in [0.3, 0.4) is 0 Å². The van der Waals surface area contributed by atoms with Crippen molar-refractivity contribution >= 4 is 17.9 Å². The van der Waals surface area contributed by atoms with Crippen LogP contribution in [0.4, 0.5) is 9.18 Å². The SMILES string of the molecule is CC.O=C1NC(=O)C2C(Cc3ccc(-c4ccccc4F)cc3)=CC(=O)OC2N1. The highest BCUT2D eigenvalue weighted by Crippen LogP contribution is 2.29. The number of imide groups is 1. The Morgan fingerprint density at radius 1 is 1.00 bits per heavy atom. The number of nitrogens with one attached hydrogen (secondary N) is 2. The molecule has 0 aliphatic carbocycles. The number of hydrogen-bond acceptors (Lipinski definition) is 4. The Labute approximate surface area is 167 Å². The van der Waals surface area contributed by atoms with Crippen LogP contribution < -0.4 is 10.6 Å². The predicted octanol–water partition coefficient (Wildman–Crippen LogP) is 3.33. The maximum Gasteiger partial charge on any atom is 0.332 e. The van der Waals surface area contributed by atoms with Crippen LogP contribution in [-0.4, -0.2) is 24.1 Å². The van der Waals surface area contributed by atoms with Crippen molar-refractivity contribution in [3.63, 3.8) is 0 Å². The van der Waals surface area contributed by atoms with Crippen LogP contribution in [0, 0.1) is 11.7 Å². The molecule has 0 saturated carbocycles. The van der Waals surface area contributed by atoms with Gasteiger partial charge < -0.3 is 10.1 Å². The second-order valence-corrected chi connectivity index (χ2v) is 6.37. The Bertz CT molecular complexity index is 969. The first-order valence-corrected chi connectivity index (χ1v) is 9.37. The molecule has 2 aromatic carbocycles. The number of amides is 3. The lowest BCUT2D eigenvalue weighted by molar-refractivity contribution is -0.152. The zero-order valence-corrected chi connectivity index (χ0v) is 16.1. The second kappa shape index (κ2) is 8.68. The molecule has 0 spiro atoms. The number of carbonyl (C=O) groups is 3. The van der Waals surface area contributed by atoms with E-state index in [4.69, 9.17) is 4.74 Å². The molecule has 0 bridgehead atoms. The van der Waals surface area contributed by atoms with Gasteiger partial charge in [-0.15, -0.1) is 0 Å². The summed E-state index contributed by atoms with van der Waals surface area (Å²) in [5.41, 5.74) is 2.63. The molecule has 29 heavy (non-hydrogen) atoms. The first kappa shape index (κ1) is 20.3. The molecule has 2 aliphatic rings. The van der Waals surface area contributed by atoms with Crippen molar-refractivity contribution in [1.82, 2.24) is 10.6 Å². The Morgan fingerprint density at radius 2 is 1.69 bits per heavy atom. The van der Waals surface area contributed by atoms with Gasteiger partial charge in [0.25, 0.3) is 0 Å². The van der Waals surface area contributed by atoms with Gasteiger partial charge in [0.2, 0.25) is 5.91 Å². The summed E-state index contributed by atoms with van der Waals surface area (Å²) in [7, 11) is 0. The largest absolute Gasteiger partial charge is 0.437 e. The topological polar surface area (TPSA) is 84.5 Å². The summed E-state index contributed by atoms with van der Waals surface area (Å²) in [5.74, 6) is -2.19. The number of esters is 1. The number of hydrogen-bond donors (Lipinski definition) is 2. The summed E-state index contributed by atoms with van der Waals surface area (Å²) in [5, 5.41) is 4.62. The van der Waals surface area contributed by atoms with E-state index in [1.54, 1.807) is 30.3 Å². The van der Waals surface area contributed by atoms with E-state index in [1.165, 1.54) is 12.1 Å². The van der Waals surface area contributed by atoms with E-state index in [0.717, 1.165) is 11.1 Å². The molecule has 4 rings (SSSR count). The van der Waals surface area contributed by atoms with Crippen molar-refractivity contribution in [3.8, 4) is 11.1 Å². The van der Waals surface area contributed by atoms with Gasteiger partial charge in [0.15, 0.2) is 6.23 Å². The van der Waals surface area contributed by atoms with Crippen molar-refractivity contribution in [3.05, 3.63) is 71.6 Å². The molecular weight excluding hydrogens is 375 g/mol. The fraction of sp³-hybridized carbons (Fsp3) is 0.227. The van der Waals surface area contributed by atoms with Gasteiger partial charge in [-0.25, -0.2) is 14.0 Å². The predicted molar refractivity (Wildman–Crippen MR) is 105 cm³/mol. The Kier molecular flexibility index (Phi) is 6.07. The van der Waals surface area contributed by atoms with E-state index >= 15 is 0 Å². The monoisotopic (exact) mass is 396 g/mol. The summed E-state index contributed by atoms with van der Waals surface area (Å²) >= 11 is 0. The average Bonchev–Trinajstić information content (AvgIpc) is 2.70. The van der Waals surface area contributed by atoms with Gasteiger partial charge in [-0.05, 0) is 29.2 Å². The molecule has 3 amide bonds. The third-order valence-electron chi connectivity index (χ3n) is 4.59. The minimum atomic E-state index is -1.00. The van der Waals surface area contributed by atoms with Crippen molar-refractivity contribution < 1.29 is 23.5 Å². The maximum atomic E-state index is 13.9. The first-order chi connectivity index (χ1) is 14.0. The maximum absolute atomic E-state index is 13.9. The third kappa shape index (κ3) is 4.34. The first-order valence-electron chi connectivity index (χ1n) is 9.37. The van der Waals surface area contributed by atoms with E-state index < -0.39 is 30.1 Å². The second-order valence-electron chi connectivity index (χ2n) is 6.37. The van der Waals surface area contributed by atoms with Crippen molar-refractivity contribution in [1.29, 1.82) is 0 Å². The van der Waals surface area contributed by atoms with Gasteiger partial charge in [0.1, 0.15) is 11.7 Å². The Morgan fingerprint density at radius 3 is 2.38 bits per heavy atom. The van der Waals surface area contributed by atoms with Gasteiger partial charge >= 0.3 is 12.0 Å². The Balaban J connectivity index is 0.00000117. The summed E-state index contributed by atoms with van der Waals surface area (Å²) in [4.78, 5) is 35.4. The number of halogens is 1. The van der Waals surface area contributed by atoms with Crippen LogP contribution in [0.5, 0.6) is 0 Å². The number of urea groups is 1. The molecule has 2 atom stereocenters. The minimum Gasteiger partial charge on any atom is -0.437 e. The molecule has 0 aromatic heterocycles. The van der Waals surface area contributed by atoms with E-state index in [9.17, 15) is 18.8 Å². The van der Waals surface area contributed by atoms with Crippen LogP contribution in [-0.2, 0) is 20.7 Å². The van der Waals surface area contributed by atoms with E-state index in [2.05, 4.69) is 10.6 Å². The summed E-state index contributed by atoms with van der Waals surface area (Å²) < 4.78 is 19.0. The van der Waals surface area contributed by atoms with Gasteiger partial charge in [-0.2, -0.15) is 0 Å². The normalized spacial score (nSPS) is 20.2. The van der Waals surface area contributed by atoms with Crippen LogP contribution in [0.2, 0.25) is 0 Å². The van der Waals surface area contributed by atoms with Gasteiger partial charge in [0.05, 0.1) is 0 Å². The summed E-state index contributed by atoms with van der Waals surface area (Å²) in [6, 6.07) is 13.0. The molecular formula is C22H21FN2O4. The van der Waals surface area contributed by atoms with E-state index in [0.29, 0.717) is 17.6 Å². The van der Waals surface area contributed by atoms with Gasteiger partial charge in [-0.1, -0.05) is 56.3 Å². The smallest absolute Gasteiger partial charge is 0.332 e. The minimum absolute atomic E-state index is 0.305. The standard InChI is InChI=1S/C20H15FN2O4.C2H6/c21-15-4-2-1-3-14(15)12-7-5-11(6-8-12)9-13-10-16(24)27-19-17(13)18(25)22-20(26)23-19;1-2/h1-8,10,17,19H,9H2,(H2,22,23,25,26);1-2H3. The summed E-state index contributed by atoms with van der Waals surface area (Å²) in [6.07, 6.45) is 0.608. The molecule has 2 aromatic rings. The fourth-order valence-electron chi connectivity index (χ4n) is 3.33. The lowest BCUT2D eigenvalue weighted by Crippen LogP contribution is -2.61. The molecule has 0 radical (unpaired) electrons. The molecule has 150 valence electrons. The Hall–Kier alpha value is -3.48. The molecule has 6 nitrogen and oxygen atoms in total. The molecule has 2 N–H and O–H groups in total. The number of fused-ring (bicyclic) bond motifs is 1. The number of carbonyl (C=O) groups excluding carboxylic acids is 3. The highest BCUT2D eigenvalue weighted by atomic mass is 19.1. The lowest BCUT2D eigenvalue weighted by atomic mass is 9.87. The zero-order valence-electron chi connectivity index (χ0n) is 16.1. The molecule has 7 heteroatoms. The molecule has 2 heterocycles. The van der Waals surface area contributed by atoms with E-state index in [-0.39, 0.29) is 5.82 Å². The van der Waals surface area contributed by atoms with Gasteiger partial charge in [0, 0.05) is 11.6 Å². The van der Waals surface area contributed by atoms with Crippen molar-refractivity contribution in [2.24, 2.45) is 5.92 Å². The molecule has 1 fully saturated rings. The van der Waals surface area contributed by atoms with Crippen molar-refractivity contribution in [2.75, 3.05) is 0 Å². The third-order valence-corrected chi connectivity index (χ3v) is 4.59. The quantitative estimate of drug-likeness (QED) is 0.780. The molecule has 2 aliphatic heterocycles. The van der Waals surface area contributed by atoms with Crippen LogP contribution in [0.15, 0.2) is 60.2 Å². The van der Waals surface area contributed by atoms with Gasteiger partial charge in [-0.3, -0.25) is 10.1 Å². The molecule has 2 unspecified atom stereocenters. The number of benzene rings is 2. The fourth-order valence-corrected chi connectivity index (χ4v) is 3.33. The highest BCUT2D eigenvalue weighted by Gasteiger charge is 2.42. The average molecular weight is 396 g/mol. The van der Waals surface area contributed by atoms with Crippen molar-refractivity contribution in [2.45, 2.75) is 26.5 Å². The number of ether oxygens (including phenoxy) is 1. The zero-order chi connectivity index (χ0) is 21.0.